The van der Waals surface area contributed by atoms with Crippen LogP contribution in [0.3, 0.4) is 0 Å². The number of benzene rings is 1. The fraction of sp³-hybridized carbons (Fsp3) is 0.250. The quantitative estimate of drug-likeness (QED) is 0.616. The van der Waals surface area contributed by atoms with E-state index >= 15 is 0 Å². The minimum absolute atomic E-state index is 0.0522. The Kier molecular flexibility index (Phi) is 3.89. The molecule has 1 aromatic rings. The molecule has 0 aliphatic carbocycles. The number of primary sulfonamides is 2. The van der Waals surface area contributed by atoms with Gasteiger partial charge in [-0.25, -0.2) is 27.1 Å². The van der Waals surface area contributed by atoms with Crippen molar-refractivity contribution in [3.63, 3.8) is 0 Å². The van der Waals surface area contributed by atoms with Gasteiger partial charge in [0.05, 0.1) is 9.79 Å². The third kappa shape index (κ3) is 3.48. The summed E-state index contributed by atoms with van der Waals surface area (Å²) < 4.78 is 44.7. The van der Waals surface area contributed by atoms with E-state index in [0.717, 1.165) is 12.1 Å². The first kappa shape index (κ1) is 14.1. The summed E-state index contributed by atoms with van der Waals surface area (Å²) in [5, 5.41) is 18.6. The molecule has 0 saturated carbocycles. The topological polar surface area (TPSA) is 141 Å². The Bertz CT molecular complexity index is 621. The number of rotatable bonds is 4. The lowest BCUT2D eigenvalue weighted by Gasteiger charge is -2.08. The molecule has 0 aliphatic heterocycles. The van der Waals surface area contributed by atoms with Crippen molar-refractivity contribution in [1.82, 2.24) is 0 Å². The van der Waals surface area contributed by atoms with Crippen LogP contribution >= 0.6 is 0 Å². The van der Waals surface area contributed by atoms with Crippen LogP contribution in [-0.4, -0.2) is 28.5 Å². The van der Waals surface area contributed by atoms with Gasteiger partial charge in [0.15, 0.2) is 0 Å². The van der Waals surface area contributed by atoms with Gasteiger partial charge in [-0.2, -0.15) is 0 Å². The lowest BCUT2D eigenvalue weighted by Crippen LogP contribution is -2.18. The van der Waals surface area contributed by atoms with Crippen LogP contribution in [-0.2, 0) is 26.5 Å². The zero-order valence-corrected chi connectivity index (χ0v) is 10.3. The molecule has 0 heterocycles. The molecule has 0 saturated heterocycles. The van der Waals surface area contributed by atoms with Gasteiger partial charge in [-0.15, -0.1) is 0 Å². The lowest BCUT2D eigenvalue weighted by atomic mass is 10.2. The highest BCUT2D eigenvalue weighted by Gasteiger charge is 2.18. The van der Waals surface area contributed by atoms with Crippen LogP contribution in [0.1, 0.15) is 5.56 Å². The fourth-order valence-corrected chi connectivity index (χ4v) is 2.74. The summed E-state index contributed by atoms with van der Waals surface area (Å²) in [5.74, 6) is 0. The van der Waals surface area contributed by atoms with Crippen LogP contribution in [0.2, 0.25) is 0 Å². The first-order valence-electron chi connectivity index (χ1n) is 4.45. The Morgan fingerprint density at radius 3 is 2.06 bits per heavy atom. The number of aliphatic hydroxyl groups excluding tert-OH is 1. The summed E-state index contributed by atoms with van der Waals surface area (Å²) in [4.78, 5) is -0.693. The van der Waals surface area contributed by atoms with E-state index in [1.807, 2.05) is 0 Å². The van der Waals surface area contributed by atoms with Crippen molar-refractivity contribution in [1.29, 1.82) is 0 Å². The molecule has 0 amide bonds. The van der Waals surface area contributed by atoms with Gasteiger partial charge in [0.25, 0.3) is 0 Å². The van der Waals surface area contributed by atoms with E-state index in [2.05, 4.69) is 0 Å². The molecule has 0 unspecified atom stereocenters. The fourth-order valence-electron chi connectivity index (χ4n) is 1.30. The molecule has 1 aromatic carbocycles. The maximum atomic E-state index is 11.3. The first-order chi connectivity index (χ1) is 7.66. The smallest absolute Gasteiger partial charge is 0.238 e. The van der Waals surface area contributed by atoms with Crippen molar-refractivity contribution in [3.05, 3.63) is 23.8 Å². The van der Waals surface area contributed by atoms with Crippen LogP contribution in [0.5, 0.6) is 0 Å². The average molecular weight is 280 g/mol. The molecule has 0 aromatic heterocycles. The SMILES string of the molecule is NS(=O)(=O)c1ccc(CCO)c(S(N)(=O)=O)c1. The third-order valence-electron chi connectivity index (χ3n) is 2.05. The van der Waals surface area contributed by atoms with Gasteiger partial charge in [-0.05, 0) is 24.1 Å². The minimum Gasteiger partial charge on any atom is -0.396 e. The summed E-state index contributed by atoms with van der Waals surface area (Å²) in [6.45, 7) is -0.281. The summed E-state index contributed by atoms with van der Waals surface area (Å²) in [7, 11) is -8.07. The van der Waals surface area contributed by atoms with Crippen molar-refractivity contribution in [3.8, 4) is 0 Å². The van der Waals surface area contributed by atoms with Gasteiger partial charge >= 0.3 is 0 Å². The molecule has 0 aliphatic rings. The Balaban J connectivity index is 3.51. The average Bonchev–Trinajstić information content (AvgIpc) is 2.15. The molecule has 1 rings (SSSR count). The van der Waals surface area contributed by atoms with Crippen molar-refractivity contribution < 1.29 is 21.9 Å². The van der Waals surface area contributed by atoms with Gasteiger partial charge in [-0.3, -0.25) is 0 Å². The van der Waals surface area contributed by atoms with Crippen molar-refractivity contribution in [2.75, 3.05) is 6.61 Å². The molecule has 7 nitrogen and oxygen atoms in total. The van der Waals surface area contributed by atoms with E-state index in [9.17, 15) is 16.8 Å². The summed E-state index contributed by atoms with van der Waals surface area (Å²) in [5.41, 5.74) is 0.238. The van der Waals surface area contributed by atoms with Gasteiger partial charge in [0.1, 0.15) is 0 Å². The Labute approximate surface area is 99.2 Å². The van der Waals surface area contributed by atoms with Gasteiger partial charge in [-0.1, -0.05) is 6.07 Å². The second kappa shape index (κ2) is 4.70. The van der Waals surface area contributed by atoms with Crippen molar-refractivity contribution in [2.45, 2.75) is 16.2 Å². The predicted octanol–water partition coefficient (Wildman–Crippen LogP) is -1.48. The van der Waals surface area contributed by atoms with Crippen LogP contribution in [0.15, 0.2) is 28.0 Å². The van der Waals surface area contributed by atoms with E-state index in [0.29, 0.717) is 0 Å². The van der Waals surface area contributed by atoms with Crippen LogP contribution in [0.25, 0.3) is 0 Å². The highest BCUT2D eigenvalue weighted by molar-refractivity contribution is 7.90. The molecule has 96 valence electrons. The Morgan fingerprint density at radius 2 is 1.65 bits per heavy atom. The van der Waals surface area contributed by atoms with E-state index in [-0.39, 0.29) is 28.4 Å². The van der Waals surface area contributed by atoms with E-state index in [1.54, 1.807) is 0 Å². The molecule has 0 radical (unpaired) electrons. The molecule has 17 heavy (non-hydrogen) atoms. The molecule has 0 atom stereocenters. The second-order valence-corrected chi connectivity index (χ2v) is 6.42. The molecule has 0 fully saturated rings. The van der Waals surface area contributed by atoms with E-state index in [4.69, 9.17) is 15.4 Å². The second-order valence-electron chi connectivity index (χ2n) is 3.33. The molecule has 0 spiro atoms. The zero-order chi connectivity index (χ0) is 13.3. The standard InChI is InChI=1S/C8H12N2O5S2/c9-16(12,13)7-2-1-6(3-4-11)8(5-7)17(10,14)15/h1-2,5,11H,3-4H2,(H2,9,12,13)(H2,10,14,15). The largest absolute Gasteiger partial charge is 0.396 e. The lowest BCUT2D eigenvalue weighted by molar-refractivity contribution is 0.298. The van der Waals surface area contributed by atoms with Crippen molar-refractivity contribution in [2.24, 2.45) is 10.3 Å². The van der Waals surface area contributed by atoms with Crippen LogP contribution in [0, 0.1) is 0 Å². The maximum Gasteiger partial charge on any atom is 0.238 e. The number of nitrogens with two attached hydrogens (primary N) is 2. The Hall–Kier alpha value is -1.00. The van der Waals surface area contributed by atoms with Gasteiger partial charge in [0.2, 0.25) is 20.0 Å². The Morgan fingerprint density at radius 1 is 1.06 bits per heavy atom. The maximum absolute atomic E-state index is 11.3. The number of hydrogen-bond acceptors (Lipinski definition) is 5. The highest BCUT2D eigenvalue weighted by atomic mass is 32.2. The van der Waals surface area contributed by atoms with Crippen LogP contribution in [0.4, 0.5) is 0 Å². The molecule has 5 N–H and O–H groups in total. The summed E-state index contributed by atoms with van der Waals surface area (Å²) in [6, 6.07) is 3.31. The molecular formula is C8H12N2O5S2. The van der Waals surface area contributed by atoms with Gasteiger partial charge in [0, 0.05) is 6.61 Å². The number of aliphatic hydroxyl groups is 1. The monoisotopic (exact) mass is 280 g/mol. The summed E-state index contributed by atoms with van der Waals surface area (Å²) in [6.07, 6.45) is 0.0522. The minimum atomic E-state index is -4.07. The predicted molar refractivity (Wildman–Crippen MR) is 60.0 cm³/mol. The van der Waals surface area contributed by atoms with E-state index in [1.165, 1.54) is 6.07 Å². The third-order valence-corrected chi connectivity index (χ3v) is 3.96. The zero-order valence-electron chi connectivity index (χ0n) is 8.70. The molecular weight excluding hydrogens is 268 g/mol. The molecule has 0 bridgehead atoms. The number of hydrogen-bond donors (Lipinski definition) is 3. The summed E-state index contributed by atoms with van der Waals surface area (Å²) >= 11 is 0. The normalized spacial score (nSPS) is 12.6. The number of sulfonamides is 2. The molecule has 9 heteroatoms. The van der Waals surface area contributed by atoms with Gasteiger partial charge < -0.3 is 5.11 Å². The van der Waals surface area contributed by atoms with Crippen molar-refractivity contribution >= 4 is 20.0 Å². The first-order valence-corrected chi connectivity index (χ1v) is 7.55. The van der Waals surface area contributed by atoms with E-state index < -0.39 is 20.0 Å². The van der Waals surface area contributed by atoms with Crippen LogP contribution < -0.4 is 10.3 Å². The highest BCUT2D eigenvalue weighted by Crippen LogP contribution is 2.19.